The van der Waals surface area contributed by atoms with Gasteiger partial charge in [0.1, 0.15) is 16.8 Å². The molecule has 0 unspecified atom stereocenters. The monoisotopic (exact) mass is 281 g/mol. The Bertz CT molecular complexity index is 592. The van der Waals surface area contributed by atoms with Crippen LogP contribution in [0.2, 0.25) is 5.15 Å². The number of halogens is 2. The van der Waals surface area contributed by atoms with Crippen LogP contribution >= 0.6 is 11.6 Å². The Labute approximate surface area is 115 Å². The van der Waals surface area contributed by atoms with Gasteiger partial charge < -0.3 is 10.1 Å². The fraction of sp³-hybridized carbons (Fsp3) is 0.231. The van der Waals surface area contributed by atoms with Crippen molar-refractivity contribution >= 4 is 23.1 Å². The minimum atomic E-state index is -0.414. The maximum atomic E-state index is 13.3. The van der Waals surface area contributed by atoms with Crippen LogP contribution in [0.1, 0.15) is 12.7 Å². The van der Waals surface area contributed by atoms with E-state index in [1.165, 1.54) is 13.2 Å². The lowest BCUT2D eigenvalue weighted by Gasteiger charge is -2.09. The minimum Gasteiger partial charge on any atom is -0.494 e. The van der Waals surface area contributed by atoms with Crippen molar-refractivity contribution < 1.29 is 9.13 Å². The van der Waals surface area contributed by atoms with Crippen molar-refractivity contribution in [3.8, 4) is 5.75 Å². The smallest absolute Gasteiger partial charge is 0.165 e. The number of rotatable bonds is 4. The van der Waals surface area contributed by atoms with E-state index in [1.54, 1.807) is 18.2 Å². The van der Waals surface area contributed by atoms with Crippen LogP contribution < -0.4 is 10.1 Å². The summed E-state index contributed by atoms with van der Waals surface area (Å²) < 4.78 is 18.2. The first-order chi connectivity index (χ1) is 9.12. The number of methoxy groups -OCH3 is 1. The van der Waals surface area contributed by atoms with Crippen LogP contribution in [0, 0.1) is 5.82 Å². The highest BCUT2D eigenvalue weighted by Gasteiger charge is 2.06. The maximum absolute atomic E-state index is 13.3. The Morgan fingerprint density at radius 1 is 1.32 bits per heavy atom. The third-order valence-electron chi connectivity index (χ3n) is 2.48. The summed E-state index contributed by atoms with van der Waals surface area (Å²) >= 11 is 5.90. The molecule has 1 aromatic heterocycles. The molecule has 1 N–H and O–H groups in total. The lowest BCUT2D eigenvalue weighted by atomic mass is 10.3. The molecule has 0 aliphatic heterocycles. The molecule has 0 saturated carbocycles. The predicted octanol–water partition coefficient (Wildman–Crippen LogP) is 3.58. The van der Waals surface area contributed by atoms with Gasteiger partial charge in [-0.3, -0.25) is 0 Å². The molecule has 0 radical (unpaired) electrons. The van der Waals surface area contributed by atoms with Crippen molar-refractivity contribution in [1.82, 2.24) is 9.97 Å². The summed E-state index contributed by atoms with van der Waals surface area (Å²) in [6.07, 6.45) is 0.683. The van der Waals surface area contributed by atoms with Gasteiger partial charge in [0.25, 0.3) is 0 Å². The van der Waals surface area contributed by atoms with Gasteiger partial charge in [-0.05, 0) is 12.1 Å². The highest BCUT2D eigenvalue weighted by atomic mass is 35.5. The van der Waals surface area contributed by atoms with Gasteiger partial charge in [-0.2, -0.15) is 0 Å². The van der Waals surface area contributed by atoms with Crippen molar-refractivity contribution in [2.75, 3.05) is 12.4 Å². The number of anilines is 2. The second-order valence-corrected chi connectivity index (χ2v) is 4.21. The molecule has 100 valence electrons. The third kappa shape index (κ3) is 3.32. The SMILES string of the molecule is CCc1nc(Cl)cc(Nc2ccc(F)c(OC)c2)n1. The molecule has 0 bridgehead atoms. The lowest BCUT2D eigenvalue weighted by Crippen LogP contribution is -2.00. The van der Waals surface area contributed by atoms with Crippen LogP contribution in [0.5, 0.6) is 5.75 Å². The molecule has 1 aromatic carbocycles. The first-order valence-corrected chi connectivity index (χ1v) is 6.14. The van der Waals surface area contributed by atoms with E-state index in [4.69, 9.17) is 16.3 Å². The van der Waals surface area contributed by atoms with Gasteiger partial charge in [0.2, 0.25) is 0 Å². The van der Waals surface area contributed by atoms with Gasteiger partial charge in [0.15, 0.2) is 11.6 Å². The van der Waals surface area contributed by atoms with Crippen LogP contribution in [-0.2, 0) is 6.42 Å². The summed E-state index contributed by atoms with van der Waals surface area (Å²) in [4.78, 5) is 8.36. The van der Waals surface area contributed by atoms with E-state index in [0.29, 0.717) is 28.9 Å². The number of aromatic nitrogens is 2. The van der Waals surface area contributed by atoms with Gasteiger partial charge in [-0.1, -0.05) is 18.5 Å². The Morgan fingerprint density at radius 2 is 2.11 bits per heavy atom. The van der Waals surface area contributed by atoms with Gasteiger partial charge >= 0.3 is 0 Å². The van der Waals surface area contributed by atoms with Gasteiger partial charge in [-0.25, -0.2) is 14.4 Å². The van der Waals surface area contributed by atoms with E-state index in [2.05, 4.69) is 15.3 Å². The summed E-state index contributed by atoms with van der Waals surface area (Å²) in [5.41, 5.74) is 0.662. The van der Waals surface area contributed by atoms with Crippen LogP contribution in [0.15, 0.2) is 24.3 Å². The van der Waals surface area contributed by atoms with E-state index < -0.39 is 5.82 Å². The summed E-state index contributed by atoms with van der Waals surface area (Å²) in [6.45, 7) is 1.94. The van der Waals surface area contributed by atoms with Gasteiger partial charge in [-0.15, -0.1) is 0 Å². The second-order valence-electron chi connectivity index (χ2n) is 3.82. The Hall–Kier alpha value is -1.88. The molecule has 0 aliphatic rings. The van der Waals surface area contributed by atoms with Crippen molar-refractivity contribution in [2.24, 2.45) is 0 Å². The number of nitrogens with zero attached hydrogens (tertiary/aromatic N) is 2. The molecule has 6 heteroatoms. The van der Waals surface area contributed by atoms with E-state index in [-0.39, 0.29) is 5.75 Å². The molecule has 0 saturated heterocycles. The van der Waals surface area contributed by atoms with E-state index in [9.17, 15) is 4.39 Å². The number of hydrogen-bond donors (Lipinski definition) is 1. The molecular weight excluding hydrogens is 269 g/mol. The standard InChI is InChI=1S/C13H13ClFN3O/c1-3-12-17-11(14)7-13(18-12)16-8-4-5-9(15)10(6-8)19-2/h4-7H,3H2,1-2H3,(H,16,17,18). The normalized spacial score (nSPS) is 10.3. The summed E-state index contributed by atoms with van der Waals surface area (Å²) in [5, 5.41) is 3.40. The first kappa shape index (κ1) is 13.5. The van der Waals surface area contributed by atoms with Crippen molar-refractivity contribution in [2.45, 2.75) is 13.3 Å². The average molecular weight is 282 g/mol. The van der Waals surface area contributed by atoms with Crippen LogP contribution in [0.4, 0.5) is 15.9 Å². The largest absolute Gasteiger partial charge is 0.494 e. The fourth-order valence-electron chi connectivity index (χ4n) is 1.57. The molecule has 0 atom stereocenters. The molecule has 0 aliphatic carbocycles. The van der Waals surface area contributed by atoms with E-state index in [0.717, 1.165) is 0 Å². The molecular formula is C13H13ClFN3O. The molecule has 0 spiro atoms. The van der Waals surface area contributed by atoms with Crippen LogP contribution in [-0.4, -0.2) is 17.1 Å². The summed E-state index contributed by atoms with van der Waals surface area (Å²) in [6, 6.07) is 6.08. The number of hydrogen-bond acceptors (Lipinski definition) is 4. The van der Waals surface area contributed by atoms with Crippen molar-refractivity contribution in [1.29, 1.82) is 0 Å². The molecule has 2 aromatic rings. The second kappa shape index (κ2) is 5.84. The van der Waals surface area contributed by atoms with Crippen molar-refractivity contribution in [3.05, 3.63) is 41.1 Å². The Balaban J connectivity index is 2.28. The van der Waals surface area contributed by atoms with E-state index >= 15 is 0 Å². The summed E-state index contributed by atoms with van der Waals surface area (Å²) in [5.74, 6) is 0.957. The minimum absolute atomic E-state index is 0.167. The molecule has 19 heavy (non-hydrogen) atoms. The van der Waals surface area contributed by atoms with E-state index in [1.807, 2.05) is 6.92 Å². The quantitative estimate of drug-likeness (QED) is 0.870. The Kier molecular flexibility index (Phi) is 4.16. The molecule has 0 amide bonds. The van der Waals surface area contributed by atoms with Crippen LogP contribution in [0.25, 0.3) is 0 Å². The summed E-state index contributed by atoms with van der Waals surface area (Å²) in [7, 11) is 1.42. The number of ether oxygens (including phenoxy) is 1. The Morgan fingerprint density at radius 3 is 2.79 bits per heavy atom. The topological polar surface area (TPSA) is 47.0 Å². The van der Waals surface area contributed by atoms with Gasteiger partial charge in [0.05, 0.1) is 7.11 Å². The number of nitrogens with one attached hydrogen (secondary N) is 1. The number of aryl methyl sites for hydroxylation is 1. The van der Waals surface area contributed by atoms with Gasteiger partial charge in [0, 0.05) is 24.2 Å². The number of benzene rings is 1. The zero-order valence-electron chi connectivity index (χ0n) is 10.6. The van der Waals surface area contributed by atoms with Crippen molar-refractivity contribution in [3.63, 3.8) is 0 Å². The fourth-order valence-corrected chi connectivity index (χ4v) is 1.77. The molecule has 2 rings (SSSR count). The van der Waals surface area contributed by atoms with Crippen LogP contribution in [0.3, 0.4) is 0 Å². The highest BCUT2D eigenvalue weighted by Crippen LogP contribution is 2.24. The highest BCUT2D eigenvalue weighted by molar-refractivity contribution is 6.29. The molecule has 0 fully saturated rings. The maximum Gasteiger partial charge on any atom is 0.165 e. The first-order valence-electron chi connectivity index (χ1n) is 5.76. The molecule has 1 heterocycles. The predicted molar refractivity (Wildman–Crippen MR) is 72.7 cm³/mol. The third-order valence-corrected chi connectivity index (χ3v) is 2.67. The molecule has 4 nitrogen and oxygen atoms in total. The lowest BCUT2D eigenvalue weighted by molar-refractivity contribution is 0.387. The zero-order valence-corrected chi connectivity index (χ0v) is 11.3. The average Bonchev–Trinajstić information content (AvgIpc) is 2.40. The zero-order chi connectivity index (χ0) is 13.8.